The molecular weight excluding hydrogens is 491 g/mol. The standard InChI is InChI=1S/C22H21ClF3N5O2S/c1-14(2)31(34(33)17-6-7-20(23)29-10-17)13-21(32)30-9-15-4-3-5-16(8-15)18-11-28-19(12-27-18)22(24,25)26/h3-8,10-12,14H,9,13H2,1-2H3,(H,30,32). The molecule has 0 aliphatic carbocycles. The molecule has 0 saturated carbocycles. The topological polar surface area (TPSA) is 88.1 Å². The fourth-order valence-corrected chi connectivity index (χ4v) is 4.22. The fourth-order valence-electron chi connectivity index (χ4n) is 2.90. The van der Waals surface area contributed by atoms with Crippen LogP contribution in [0.4, 0.5) is 13.2 Å². The number of nitrogens with zero attached hydrogens (tertiary/aromatic N) is 4. The third-order valence-electron chi connectivity index (χ3n) is 4.64. The second kappa shape index (κ2) is 11.0. The maximum atomic E-state index is 12.9. The van der Waals surface area contributed by atoms with Crippen LogP contribution in [0.2, 0.25) is 5.15 Å². The van der Waals surface area contributed by atoms with Crippen molar-refractivity contribution in [3.8, 4) is 11.3 Å². The van der Waals surface area contributed by atoms with Crippen LogP contribution in [-0.4, -0.2) is 42.0 Å². The summed E-state index contributed by atoms with van der Waals surface area (Å²) in [6.45, 7) is 3.70. The lowest BCUT2D eigenvalue weighted by Crippen LogP contribution is -2.41. The van der Waals surface area contributed by atoms with Crippen LogP contribution in [0.1, 0.15) is 25.1 Å². The van der Waals surface area contributed by atoms with Crippen molar-refractivity contribution < 1.29 is 22.2 Å². The lowest BCUT2D eigenvalue weighted by Gasteiger charge is -2.24. The molecule has 2 aromatic heterocycles. The summed E-state index contributed by atoms with van der Waals surface area (Å²) in [4.78, 5) is 24.2. The minimum absolute atomic E-state index is 0.114. The molecule has 0 saturated heterocycles. The Bertz CT molecular complexity index is 1160. The summed E-state index contributed by atoms with van der Waals surface area (Å²) in [5.41, 5.74) is 0.486. The van der Waals surface area contributed by atoms with Crippen molar-refractivity contribution in [3.63, 3.8) is 0 Å². The minimum atomic E-state index is -4.56. The molecule has 1 N–H and O–H groups in total. The molecule has 1 unspecified atom stereocenters. The molecule has 12 heteroatoms. The fraction of sp³-hybridized carbons (Fsp3) is 0.273. The zero-order valence-electron chi connectivity index (χ0n) is 18.2. The molecule has 0 fully saturated rings. The predicted molar refractivity (Wildman–Crippen MR) is 122 cm³/mol. The highest BCUT2D eigenvalue weighted by atomic mass is 35.5. The quantitative estimate of drug-likeness (QED) is 0.457. The number of pyridine rings is 1. The van der Waals surface area contributed by atoms with Crippen LogP contribution in [-0.2, 0) is 28.5 Å². The number of nitrogens with one attached hydrogen (secondary N) is 1. The Morgan fingerprint density at radius 2 is 1.88 bits per heavy atom. The Morgan fingerprint density at radius 3 is 2.47 bits per heavy atom. The van der Waals surface area contributed by atoms with Crippen LogP contribution in [0.3, 0.4) is 0 Å². The highest BCUT2D eigenvalue weighted by molar-refractivity contribution is 7.82. The summed E-state index contributed by atoms with van der Waals surface area (Å²) in [7, 11) is -1.61. The van der Waals surface area contributed by atoms with E-state index in [1.54, 1.807) is 30.3 Å². The van der Waals surface area contributed by atoms with Gasteiger partial charge in [0.15, 0.2) is 5.69 Å². The lowest BCUT2D eigenvalue weighted by atomic mass is 10.1. The van der Waals surface area contributed by atoms with Gasteiger partial charge in [-0.05, 0) is 37.6 Å². The van der Waals surface area contributed by atoms with Gasteiger partial charge in [-0.3, -0.25) is 9.78 Å². The van der Waals surface area contributed by atoms with Gasteiger partial charge in [-0.15, -0.1) is 0 Å². The van der Waals surface area contributed by atoms with E-state index < -0.39 is 22.9 Å². The Morgan fingerprint density at radius 1 is 1.12 bits per heavy atom. The van der Waals surface area contributed by atoms with E-state index in [1.807, 2.05) is 13.8 Å². The smallest absolute Gasteiger partial charge is 0.351 e. The lowest BCUT2D eigenvalue weighted by molar-refractivity contribution is -0.141. The van der Waals surface area contributed by atoms with Crippen molar-refractivity contribution in [2.75, 3.05) is 6.54 Å². The first kappa shape index (κ1) is 25.7. The van der Waals surface area contributed by atoms with Gasteiger partial charge in [0.05, 0.1) is 29.5 Å². The van der Waals surface area contributed by atoms with Gasteiger partial charge in [0.1, 0.15) is 16.1 Å². The van der Waals surface area contributed by atoms with Gasteiger partial charge in [0.2, 0.25) is 5.91 Å². The highest BCUT2D eigenvalue weighted by Crippen LogP contribution is 2.28. The van der Waals surface area contributed by atoms with Crippen LogP contribution < -0.4 is 5.32 Å². The number of hydrogen-bond acceptors (Lipinski definition) is 5. The summed E-state index contributed by atoms with van der Waals surface area (Å²) in [5.74, 6) is -0.344. The molecule has 7 nitrogen and oxygen atoms in total. The van der Waals surface area contributed by atoms with Crippen LogP contribution in [0.5, 0.6) is 0 Å². The second-order valence-electron chi connectivity index (χ2n) is 7.50. The number of carbonyl (C=O) groups is 1. The largest absolute Gasteiger partial charge is 0.434 e. The Hall–Kier alpha value is -2.89. The van der Waals surface area contributed by atoms with Crippen molar-refractivity contribution in [2.45, 2.75) is 37.5 Å². The van der Waals surface area contributed by atoms with Crippen molar-refractivity contribution >= 4 is 28.5 Å². The molecule has 0 aliphatic rings. The Kier molecular flexibility index (Phi) is 8.34. The monoisotopic (exact) mass is 511 g/mol. The molecule has 3 aromatic rings. The summed E-state index contributed by atoms with van der Waals surface area (Å²) in [6, 6.07) is 9.79. The number of carbonyl (C=O) groups excluding carboxylic acids is 1. The first-order chi connectivity index (χ1) is 16.0. The third-order valence-corrected chi connectivity index (χ3v) is 6.49. The number of amides is 1. The number of rotatable bonds is 8. The van der Waals surface area contributed by atoms with E-state index in [0.717, 1.165) is 6.20 Å². The minimum Gasteiger partial charge on any atom is -0.351 e. The number of hydrogen-bond donors (Lipinski definition) is 1. The van der Waals surface area contributed by atoms with E-state index in [4.69, 9.17) is 11.6 Å². The van der Waals surface area contributed by atoms with Crippen molar-refractivity contribution in [1.29, 1.82) is 0 Å². The summed E-state index contributed by atoms with van der Waals surface area (Å²) in [5, 5.41) is 3.05. The molecule has 2 heterocycles. The van der Waals surface area contributed by atoms with Gasteiger partial charge in [0, 0.05) is 24.3 Å². The molecule has 0 radical (unpaired) electrons. The van der Waals surface area contributed by atoms with Crippen LogP contribution >= 0.6 is 11.6 Å². The van der Waals surface area contributed by atoms with E-state index >= 15 is 0 Å². The van der Waals surface area contributed by atoms with E-state index in [-0.39, 0.29) is 35.9 Å². The molecule has 34 heavy (non-hydrogen) atoms. The average Bonchev–Trinajstić information content (AvgIpc) is 2.81. The van der Waals surface area contributed by atoms with Gasteiger partial charge in [-0.25, -0.2) is 18.5 Å². The summed E-state index contributed by atoms with van der Waals surface area (Å²) < 4.78 is 52.5. The van der Waals surface area contributed by atoms with Gasteiger partial charge < -0.3 is 5.32 Å². The van der Waals surface area contributed by atoms with Crippen LogP contribution in [0.15, 0.2) is 59.9 Å². The van der Waals surface area contributed by atoms with Crippen molar-refractivity contribution in [1.82, 2.24) is 24.6 Å². The Balaban J connectivity index is 1.64. The van der Waals surface area contributed by atoms with E-state index in [0.29, 0.717) is 22.2 Å². The number of benzene rings is 1. The molecule has 180 valence electrons. The first-order valence-electron chi connectivity index (χ1n) is 10.1. The molecule has 3 rings (SSSR count). The first-order valence-corrected chi connectivity index (χ1v) is 11.6. The number of halogens is 4. The zero-order valence-corrected chi connectivity index (χ0v) is 19.8. The maximum Gasteiger partial charge on any atom is 0.434 e. The van der Waals surface area contributed by atoms with Crippen molar-refractivity contribution in [3.05, 3.63) is 71.4 Å². The summed E-state index contributed by atoms with van der Waals surface area (Å²) in [6.07, 6.45) is -1.42. The van der Waals surface area contributed by atoms with Crippen LogP contribution in [0, 0.1) is 0 Å². The van der Waals surface area contributed by atoms with E-state index in [1.165, 1.54) is 16.6 Å². The predicted octanol–water partition coefficient (Wildman–Crippen LogP) is 4.26. The molecular formula is C22H21ClF3N5O2S. The Labute approximate surface area is 202 Å². The van der Waals surface area contributed by atoms with Gasteiger partial charge >= 0.3 is 6.18 Å². The van der Waals surface area contributed by atoms with E-state index in [2.05, 4.69) is 20.3 Å². The van der Waals surface area contributed by atoms with Crippen molar-refractivity contribution in [2.24, 2.45) is 0 Å². The average molecular weight is 512 g/mol. The van der Waals surface area contributed by atoms with Gasteiger partial charge in [-0.1, -0.05) is 29.8 Å². The molecule has 1 atom stereocenters. The second-order valence-corrected chi connectivity index (χ2v) is 9.32. The molecule has 1 aromatic carbocycles. The third kappa shape index (κ3) is 6.81. The van der Waals surface area contributed by atoms with E-state index in [9.17, 15) is 22.2 Å². The zero-order chi connectivity index (χ0) is 24.9. The molecule has 0 spiro atoms. The van der Waals surface area contributed by atoms with Gasteiger partial charge in [-0.2, -0.15) is 13.2 Å². The molecule has 0 aliphatic heterocycles. The SMILES string of the molecule is CC(C)N(CC(=O)NCc1cccc(-c2cnc(C(F)(F)F)cn2)c1)S(=O)c1ccc(Cl)nc1. The maximum absolute atomic E-state index is 12.9. The molecule has 1 amide bonds. The normalized spacial score (nSPS) is 12.7. The number of alkyl halides is 3. The number of aromatic nitrogens is 3. The van der Waals surface area contributed by atoms with Gasteiger partial charge in [0.25, 0.3) is 0 Å². The van der Waals surface area contributed by atoms with Crippen LogP contribution in [0.25, 0.3) is 11.3 Å². The summed E-state index contributed by atoms with van der Waals surface area (Å²) >= 11 is 5.78. The molecule has 0 bridgehead atoms. The highest BCUT2D eigenvalue weighted by Gasteiger charge is 2.32.